The van der Waals surface area contributed by atoms with Gasteiger partial charge < -0.3 is 15.3 Å². The van der Waals surface area contributed by atoms with Gasteiger partial charge in [0.15, 0.2) is 0 Å². The zero-order chi connectivity index (χ0) is 15.4. The first-order chi connectivity index (χ1) is 10.7. The first kappa shape index (κ1) is 14.6. The lowest BCUT2D eigenvalue weighted by Gasteiger charge is -2.30. The molecule has 3 rings (SSSR count). The molecular weight excluding hydrogens is 280 g/mol. The minimum absolute atomic E-state index is 0.154. The molecule has 0 aliphatic carbocycles. The Balaban J connectivity index is 1.57. The first-order valence-corrected chi connectivity index (χ1v) is 7.51. The number of aromatic nitrogens is 2. The lowest BCUT2D eigenvalue weighted by molar-refractivity contribution is 0.0883. The molecule has 1 aromatic heterocycles. The summed E-state index contributed by atoms with van der Waals surface area (Å²) in [4.78, 5) is 13.8. The lowest BCUT2D eigenvalue weighted by atomic mass is 10.1. The molecule has 116 valence electrons. The van der Waals surface area contributed by atoms with Gasteiger partial charge in [-0.25, -0.2) is 4.79 Å². The molecule has 2 amide bonds. The van der Waals surface area contributed by atoms with E-state index in [4.69, 9.17) is 0 Å². The van der Waals surface area contributed by atoms with Crippen LogP contribution in [0.25, 0.3) is 0 Å². The molecular formula is C16H20N4O2. The molecule has 2 N–H and O–H groups in total. The summed E-state index contributed by atoms with van der Waals surface area (Å²) in [5.74, 6) is 0. The molecule has 1 saturated heterocycles. The fraction of sp³-hybridized carbons (Fsp3) is 0.375. The number of likely N-dealkylation sites (tertiary alicyclic amines) is 1. The van der Waals surface area contributed by atoms with Gasteiger partial charge in [0.05, 0.1) is 12.6 Å². The van der Waals surface area contributed by atoms with Crippen molar-refractivity contribution in [2.45, 2.75) is 25.5 Å². The summed E-state index contributed by atoms with van der Waals surface area (Å²) in [7, 11) is 0. The highest BCUT2D eigenvalue weighted by molar-refractivity contribution is 5.89. The van der Waals surface area contributed by atoms with Crippen molar-refractivity contribution >= 4 is 11.7 Å². The van der Waals surface area contributed by atoms with E-state index in [0.29, 0.717) is 19.6 Å². The Bertz CT molecular complexity index is 610. The SMILES string of the molecule is O=C(Nc1ccc(Cn2cccn2)cc1)N1CCC[C@H](O)C1. The minimum atomic E-state index is -0.407. The summed E-state index contributed by atoms with van der Waals surface area (Å²) in [6.07, 6.45) is 4.87. The number of carbonyl (C=O) groups excluding carboxylic acids is 1. The van der Waals surface area contributed by atoms with Crippen molar-refractivity contribution < 1.29 is 9.90 Å². The third kappa shape index (κ3) is 3.65. The lowest BCUT2D eigenvalue weighted by Crippen LogP contribution is -2.44. The number of aliphatic hydroxyl groups is 1. The van der Waals surface area contributed by atoms with Gasteiger partial charge in [0.25, 0.3) is 0 Å². The van der Waals surface area contributed by atoms with Crippen molar-refractivity contribution in [3.63, 3.8) is 0 Å². The van der Waals surface area contributed by atoms with Gasteiger partial charge in [0.1, 0.15) is 0 Å². The molecule has 0 saturated carbocycles. The van der Waals surface area contributed by atoms with Gasteiger partial charge in [-0.2, -0.15) is 5.10 Å². The van der Waals surface area contributed by atoms with E-state index in [-0.39, 0.29) is 6.03 Å². The van der Waals surface area contributed by atoms with E-state index in [9.17, 15) is 9.90 Å². The molecule has 0 radical (unpaired) electrons. The topological polar surface area (TPSA) is 70.4 Å². The van der Waals surface area contributed by atoms with Gasteiger partial charge in [-0.3, -0.25) is 4.68 Å². The molecule has 0 unspecified atom stereocenters. The normalized spacial score (nSPS) is 18.2. The standard InChI is InChI=1S/C16H20N4O2/c21-15-3-1-9-19(12-15)16(22)18-14-6-4-13(5-7-14)11-20-10-2-8-17-20/h2,4-8,10,15,21H,1,3,9,11-12H2,(H,18,22)/t15-/m0/s1. The number of hydrogen-bond acceptors (Lipinski definition) is 3. The molecule has 0 bridgehead atoms. The number of anilines is 1. The van der Waals surface area contributed by atoms with Crippen LogP contribution in [0.2, 0.25) is 0 Å². The highest BCUT2D eigenvalue weighted by Crippen LogP contribution is 2.14. The Labute approximate surface area is 129 Å². The zero-order valence-corrected chi connectivity index (χ0v) is 12.4. The van der Waals surface area contributed by atoms with Gasteiger partial charge in [0, 0.05) is 31.2 Å². The number of urea groups is 1. The molecule has 1 aliphatic rings. The smallest absolute Gasteiger partial charge is 0.321 e. The average molecular weight is 300 g/mol. The Morgan fingerprint density at radius 1 is 1.36 bits per heavy atom. The molecule has 6 heteroatoms. The summed E-state index contributed by atoms with van der Waals surface area (Å²) in [5, 5.41) is 16.7. The van der Waals surface area contributed by atoms with Crippen molar-refractivity contribution in [2.75, 3.05) is 18.4 Å². The maximum absolute atomic E-state index is 12.1. The molecule has 6 nitrogen and oxygen atoms in total. The van der Waals surface area contributed by atoms with Crippen LogP contribution < -0.4 is 5.32 Å². The number of amides is 2. The Morgan fingerprint density at radius 2 is 2.18 bits per heavy atom. The molecule has 0 spiro atoms. The predicted octanol–water partition coefficient (Wildman–Crippen LogP) is 1.92. The van der Waals surface area contributed by atoms with Gasteiger partial charge in [-0.15, -0.1) is 0 Å². The number of nitrogens with zero attached hydrogens (tertiary/aromatic N) is 3. The van der Waals surface area contributed by atoms with E-state index in [0.717, 1.165) is 24.1 Å². The summed E-state index contributed by atoms with van der Waals surface area (Å²) in [6.45, 7) is 1.81. The van der Waals surface area contributed by atoms with Gasteiger partial charge in [0.2, 0.25) is 0 Å². The predicted molar refractivity (Wildman–Crippen MR) is 83.6 cm³/mol. The van der Waals surface area contributed by atoms with Gasteiger partial charge in [-0.05, 0) is 36.6 Å². The Hall–Kier alpha value is -2.34. The highest BCUT2D eigenvalue weighted by atomic mass is 16.3. The molecule has 22 heavy (non-hydrogen) atoms. The van der Waals surface area contributed by atoms with Crippen LogP contribution in [0.1, 0.15) is 18.4 Å². The number of benzene rings is 1. The third-order valence-electron chi connectivity index (χ3n) is 3.79. The number of carbonyl (C=O) groups is 1. The second-order valence-corrected chi connectivity index (χ2v) is 5.57. The molecule has 1 fully saturated rings. The number of nitrogens with one attached hydrogen (secondary N) is 1. The zero-order valence-electron chi connectivity index (χ0n) is 12.4. The van der Waals surface area contributed by atoms with E-state index in [1.165, 1.54) is 0 Å². The highest BCUT2D eigenvalue weighted by Gasteiger charge is 2.21. The third-order valence-corrected chi connectivity index (χ3v) is 3.79. The molecule has 2 aromatic rings. The van der Waals surface area contributed by atoms with Gasteiger partial charge >= 0.3 is 6.03 Å². The minimum Gasteiger partial charge on any atom is -0.391 e. The summed E-state index contributed by atoms with van der Waals surface area (Å²) < 4.78 is 1.85. The first-order valence-electron chi connectivity index (χ1n) is 7.51. The molecule has 1 aliphatic heterocycles. The monoisotopic (exact) mass is 300 g/mol. The van der Waals surface area contributed by atoms with Gasteiger partial charge in [-0.1, -0.05) is 12.1 Å². The van der Waals surface area contributed by atoms with Crippen LogP contribution in [0.15, 0.2) is 42.7 Å². The van der Waals surface area contributed by atoms with Crippen LogP contribution in [-0.4, -0.2) is 45.0 Å². The van der Waals surface area contributed by atoms with Crippen molar-refractivity contribution in [1.82, 2.24) is 14.7 Å². The van der Waals surface area contributed by atoms with Crippen molar-refractivity contribution in [1.29, 1.82) is 0 Å². The Kier molecular flexibility index (Phi) is 4.39. The maximum atomic E-state index is 12.1. The second-order valence-electron chi connectivity index (χ2n) is 5.57. The fourth-order valence-electron chi connectivity index (χ4n) is 2.62. The second kappa shape index (κ2) is 6.62. The number of hydrogen-bond donors (Lipinski definition) is 2. The Morgan fingerprint density at radius 3 is 2.86 bits per heavy atom. The van der Waals surface area contributed by atoms with Crippen LogP contribution in [0.5, 0.6) is 0 Å². The molecule has 2 heterocycles. The van der Waals surface area contributed by atoms with E-state index in [1.54, 1.807) is 11.1 Å². The summed E-state index contributed by atoms with van der Waals surface area (Å²) in [6, 6.07) is 9.46. The van der Waals surface area contributed by atoms with Crippen LogP contribution in [0.3, 0.4) is 0 Å². The van der Waals surface area contributed by atoms with Crippen LogP contribution in [0.4, 0.5) is 10.5 Å². The van der Waals surface area contributed by atoms with Crippen LogP contribution in [-0.2, 0) is 6.54 Å². The van der Waals surface area contributed by atoms with E-state index < -0.39 is 6.10 Å². The molecule has 1 aromatic carbocycles. The maximum Gasteiger partial charge on any atom is 0.321 e. The largest absolute Gasteiger partial charge is 0.391 e. The quantitative estimate of drug-likeness (QED) is 0.910. The average Bonchev–Trinajstić information content (AvgIpc) is 3.02. The van der Waals surface area contributed by atoms with Crippen molar-refractivity contribution in [3.05, 3.63) is 48.3 Å². The van der Waals surface area contributed by atoms with Crippen LogP contribution in [0, 0.1) is 0 Å². The number of rotatable bonds is 3. The number of β-amino-alcohol motifs (C(OH)–C–C–N with tert-alkyl or cyclic N) is 1. The van der Waals surface area contributed by atoms with Crippen molar-refractivity contribution in [3.8, 4) is 0 Å². The number of aliphatic hydroxyl groups excluding tert-OH is 1. The van der Waals surface area contributed by atoms with E-state index in [1.807, 2.05) is 41.2 Å². The van der Waals surface area contributed by atoms with E-state index >= 15 is 0 Å². The fourth-order valence-corrected chi connectivity index (χ4v) is 2.62. The van der Waals surface area contributed by atoms with Crippen molar-refractivity contribution in [2.24, 2.45) is 0 Å². The van der Waals surface area contributed by atoms with Crippen LogP contribution >= 0.6 is 0 Å². The summed E-state index contributed by atoms with van der Waals surface area (Å²) >= 11 is 0. The van der Waals surface area contributed by atoms with E-state index in [2.05, 4.69) is 10.4 Å². The number of piperidine rings is 1. The molecule has 1 atom stereocenters. The summed E-state index contributed by atoms with van der Waals surface area (Å²) in [5.41, 5.74) is 1.88.